The van der Waals surface area contributed by atoms with Gasteiger partial charge in [-0.15, -0.1) is 0 Å². The van der Waals surface area contributed by atoms with Crippen molar-refractivity contribution in [3.63, 3.8) is 0 Å². The molecule has 1 fully saturated rings. The van der Waals surface area contributed by atoms with Crippen LogP contribution >= 0.6 is 15.9 Å². The highest BCUT2D eigenvalue weighted by Crippen LogP contribution is 2.31. The number of amides is 1. The van der Waals surface area contributed by atoms with E-state index in [9.17, 15) is 9.90 Å². The molecule has 2 heterocycles. The first kappa shape index (κ1) is 11.4. The van der Waals surface area contributed by atoms with Gasteiger partial charge >= 0.3 is 0 Å². The number of nitrogens with zero attached hydrogens (tertiary/aromatic N) is 2. The Morgan fingerprint density at radius 1 is 1.62 bits per heavy atom. The van der Waals surface area contributed by atoms with E-state index in [0.29, 0.717) is 24.7 Å². The number of aromatic nitrogens is 1. The van der Waals surface area contributed by atoms with E-state index in [1.807, 2.05) is 6.92 Å². The van der Waals surface area contributed by atoms with E-state index in [2.05, 4.69) is 20.9 Å². The van der Waals surface area contributed by atoms with Gasteiger partial charge in [-0.25, -0.2) is 4.98 Å². The Morgan fingerprint density at radius 2 is 2.38 bits per heavy atom. The number of pyridine rings is 1. The molecule has 16 heavy (non-hydrogen) atoms. The number of carbonyl (C=O) groups excluding carboxylic acids is 1. The molecule has 4 nitrogen and oxygen atoms in total. The van der Waals surface area contributed by atoms with Crippen LogP contribution in [0.25, 0.3) is 0 Å². The molecule has 1 atom stereocenters. The van der Waals surface area contributed by atoms with Crippen molar-refractivity contribution in [3.8, 4) is 5.75 Å². The molecule has 1 unspecified atom stereocenters. The first-order chi connectivity index (χ1) is 7.61. The van der Waals surface area contributed by atoms with Gasteiger partial charge in [-0.3, -0.25) is 9.69 Å². The maximum Gasteiger partial charge on any atom is 0.228 e. The van der Waals surface area contributed by atoms with Gasteiger partial charge < -0.3 is 5.11 Å². The number of hydrogen-bond acceptors (Lipinski definition) is 3. The molecule has 1 aromatic heterocycles. The largest absolute Gasteiger partial charge is 0.504 e. The summed E-state index contributed by atoms with van der Waals surface area (Å²) in [5.74, 6) is 0.773. The number of carbonyl (C=O) groups is 1. The van der Waals surface area contributed by atoms with E-state index in [0.717, 1.165) is 11.0 Å². The molecule has 0 bridgehead atoms. The smallest absolute Gasteiger partial charge is 0.228 e. The van der Waals surface area contributed by atoms with Crippen LogP contribution in [0.1, 0.15) is 12.1 Å². The molecule has 5 heteroatoms. The van der Waals surface area contributed by atoms with Gasteiger partial charge in [-0.2, -0.15) is 0 Å². The summed E-state index contributed by atoms with van der Waals surface area (Å²) in [6.45, 7) is 2.46. The average molecular weight is 285 g/mol. The fourth-order valence-electron chi connectivity index (χ4n) is 1.82. The highest BCUT2D eigenvalue weighted by Gasteiger charge is 2.32. The molecule has 2 rings (SSSR count). The minimum atomic E-state index is 0.0258. The van der Waals surface area contributed by atoms with Gasteiger partial charge in [-0.05, 0) is 25.0 Å². The maximum atomic E-state index is 11.8. The summed E-state index contributed by atoms with van der Waals surface area (Å²) in [5.41, 5.74) is 0.794. The molecule has 1 aliphatic rings. The van der Waals surface area contributed by atoms with Crippen LogP contribution in [0.15, 0.2) is 12.1 Å². The lowest BCUT2D eigenvalue weighted by Crippen LogP contribution is -2.25. The minimum absolute atomic E-state index is 0.0258. The Bertz CT molecular complexity index is 422. The van der Waals surface area contributed by atoms with Gasteiger partial charge in [0.1, 0.15) is 0 Å². The first-order valence-electron chi connectivity index (χ1n) is 5.14. The zero-order valence-corrected chi connectivity index (χ0v) is 10.6. The summed E-state index contributed by atoms with van der Waals surface area (Å²) in [5, 5.41) is 10.5. The van der Waals surface area contributed by atoms with Gasteiger partial charge in [-0.1, -0.05) is 15.9 Å². The highest BCUT2D eigenvalue weighted by atomic mass is 79.9. The summed E-state index contributed by atoms with van der Waals surface area (Å²) in [4.78, 5) is 17.5. The summed E-state index contributed by atoms with van der Waals surface area (Å²) in [6, 6.07) is 3.30. The lowest BCUT2D eigenvalue weighted by molar-refractivity contribution is -0.117. The lowest BCUT2D eigenvalue weighted by atomic mass is 10.2. The number of anilines is 1. The SMILES string of the molecule is Cc1ccc(O)c(N2CC(CBr)CC2=O)n1. The summed E-state index contributed by atoms with van der Waals surface area (Å²) in [7, 11) is 0. The van der Waals surface area contributed by atoms with Crippen LogP contribution in [0.3, 0.4) is 0 Å². The third-order valence-corrected chi connectivity index (χ3v) is 3.59. The molecule has 0 spiro atoms. The molecule has 1 aliphatic heterocycles. The third kappa shape index (κ3) is 2.04. The van der Waals surface area contributed by atoms with E-state index in [-0.39, 0.29) is 11.7 Å². The van der Waals surface area contributed by atoms with Crippen LogP contribution in [0.2, 0.25) is 0 Å². The number of rotatable bonds is 2. The highest BCUT2D eigenvalue weighted by molar-refractivity contribution is 9.09. The van der Waals surface area contributed by atoms with Crippen LogP contribution in [-0.4, -0.2) is 27.9 Å². The summed E-state index contributed by atoms with van der Waals surface area (Å²) >= 11 is 3.37. The Kier molecular flexibility index (Phi) is 3.14. The van der Waals surface area contributed by atoms with Gasteiger partial charge in [0.2, 0.25) is 5.91 Å². The molecule has 0 aliphatic carbocycles. The van der Waals surface area contributed by atoms with E-state index < -0.39 is 0 Å². The first-order valence-corrected chi connectivity index (χ1v) is 6.27. The van der Waals surface area contributed by atoms with E-state index in [1.165, 1.54) is 0 Å². The fourth-order valence-corrected chi connectivity index (χ4v) is 2.26. The number of alkyl halides is 1. The average Bonchev–Trinajstić information content (AvgIpc) is 2.63. The van der Waals surface area contributed by atoms with Crippen molar-refractivity contribution in [2.75, 3.05) is 16.8 Å². The topological polar surface area (TPSA) is 53.4 Å². The Morgan fingerprint density at radius 3 is 3.00 bits per heavy atom. The molecular weight excluding hydrogens is 272 g/mol. The van der Waals surface area contributed by atoms with Gasteiger partial charge in [0.15, 0.2) is 11.6 Å². The van der Waals surface area contributed by atoms with Crippen molar-refractivity contribution in [1.82, 2.24) is 4.98 Å². The summed E-state index contributed by atoms with van der Waals surface area (Å²) in [6.07, 6.45) is 0.514. The Labute approximate surface area is 102 Å². The number of aromatic hydroxyl groups is 1. The third-order valence-electron chi connectivity index (χ3n) is 2.67. The van der Waals surface area contributed by atoms with E-state index in [1.54, 1.807) is 17.0 Å². The second kappa shape index (κ2) is 4.41. The predicted molar refractivity (Wildman–Crippen MR) is 64.9 cm³/mol. The second-order valence-electron chi connectivity index (χ2n) is 4.02. The van der Waals surface area contributed by atoms with Crippen LogP contribution < -0.4 is 4.90 Å². The van der Waals surface area contributed by atoms with Gasteiger partial charge in [0, 0.05) is 24.0 Å². The Hall–Kier alpha value is -1.10. The lowest BCUT2D eigenvalue weighted by Gasteiger charge is -2.16. The normalized spacial score (nSPS) is 20.5. The summed E-state index contributed by atoms with van der Waals surface area (Å²) < 4.78 is 0. The second-order valence-corrected chi connectivity index (χ2v) is 4.67. The minimum Gasteiger partial charge on any atom is -0.504 e. The zero-order valence-electron chi connectivity index (χ0n) is 8.98. The monoisotopic (exact) mass is 284 g/mol. The molecule has 0 aromatic carbocycles. The van der Waals surface area contributed by atoms with Crippen LogP contribution in [0.5, 0.6) is 5.75 Å². The fraction of sp³-hybridized carbons (Fsp3) is 0.455. The van der Waals surface area contributed by atoms with Crippen molar-refractivity contribution < 1.29 is 9.90 Å². The van der Waals surface area contributed by atoms with Crippen LogP contribution in [0, 0.1) is 12.8 Å². The molecule has 1 amide bonds. The molecule has 1 saturated heterocycles. The molecular formula is C11H13BrN2O2. The van der Waals surface area contributed by atoms with Crippen molar-refractivity contribution in [2.24, 2.45) is 5.92 Å². The molecule has 86 valence electrons. The standard InChI is InChI=1S/C11H13BrN2O2/c1-7-2-3-9(15)11(13-7)14-6-8(5-12)4-10(14)16/h2-3,8,15H,4-6H2,1H3. The number of hydrogen-bond donors (Lipinski definition) is 1. The van der Waals surface area contributed by atoms with Gasteiger partial charge in [0.25, 0.3) is 0 Å². The quantitative estimate of drug-likeness (QED) is 0.844. The van der Waals surface area contributed by atoms with Gasteiger partial charge in [0.05, 0.1) is 0 Å². The molecule has 1 N–H and O–H groups in total. The maximum absolute atomic E-state index is 11.8. The molecule has 0 radical (unpaired) electrons. The predicted octanol–water partition coefficient (Wildman–Crippen LogP) is 1.84. The van der Waals surface area contributed by atoms with Crippen LogP contribution in [0.4, 0.5) is 5.82 Å². The number of aryl methyl sites for hydroxylation is 1. The van der Waals surface area contributed by atoms with E-state index in [4.69, 9.17) is 0 Å². The van der Waals surface area contributed by atoms with Crippen molar-refractivity contribution in [3.05, 3.63) is 17.8 Å². The van der Waals surface area contributed by atoms with Crippen molar-refractivity contribution >= 4 is 27.7 Å². The van der Waals surface area contributed by atoms with Crippen LogP contribution in [-0.2, 0) is 4.79 Å². The van der Waals surface area contributed by atoms with Crippen molar-refractivity contribution in [2.45, 2.75) is 13.3 Å². The van der Waals surface area contributed by atoms with Crippen molar-refractivity contribution in [1.29, 1.82) is 0 Å². The Balaban J connectivity index is 2.30. The molecule has 1 aromatic rings. The number of halogens is 1. The van der Waals surface area contributed by atoms with E-state index >= 15 is 0 Å². The molecule has 0 saturated carbocycles. The zero-order chi connectivity index (χ0) is 11.7.